The fourth-order valence-corrected chi connectivity index (χ4v) is 4.80. The molecule has 0 saturated carbocycles. The summed E-state index contributed by atoms with van der Waals surface area (Å²) in [5, 5.41) is 0. The lowest BCUT2D eigenvalue weighted by Gasteiger charge is -2.46. The Morgan fingerprint density at radius 1 is 1.04 bits per heavy atom. The number of aromatic nitrogens is 2. The van der Waals surface area contributed by atoms with Crippen LogP contribution in [0.5, 0.6) is 0 Å². The van der Waals surface area contributed by atoms with Gasteiger partial charge in [-0.25, -0.2) is 14.4 Å². The molecule has 25 heavy (non-hydrogen) atoms. The molecule has 0 amide bonds. The number of anilines is 1. The Morgan fingerprint density at radius 3 is 2.64 bits per heavy atom. The molecule has 3 heterocycles. The zero-order chi connectivity index (χ0) is 17.1. The third-order valence-corrected chi connectivity index (χ3v) is 6.38. The number of hydrogen-bond donors (Lipinski definition) is 0. The van der Waals surface area contributed by atoms with Gasteiger partial charge < -0.3 is 4.90 Å². The maximum atomic E-state index is 13.0. The van der Waals surface area contributed by atoms with Crippen molar-refractivity contribution in [2.24, 2.45) is 5.92 Å². The van der Waals surface area contributed by atoms with Crippen molar-refractivity contribution in [1.29, 1.82) is 0 Å². The van der Waals surface area contributed by atoms with E-state index < -0.39 is 0 Å². The number of fused-ring (bicyclic) bond motifs is 1. The molecule has 0 aliphatic carbocycles. The van der Waals surface area contributed by atoms with E-state index in [1.165, 1.54) is 19.4 Å². The van der Waals surface area contributed by atoms with E-state index in [-0.39, 0.29) is 5.82 Å². The second-order valence-electron chi connectivity index (χ2n) is 6.85. The van der Waals surface area contributed by atoms with Crippen LogP contribution in [0.4, 0.5) is 10.3 Å². The first kappa shape index (κ1) is 16.8. The SMILES string of the molecule is Fc1ccc(SC[C@@H]2CCC3CN(c4ncccn4)CCN3C2)cc1. The van der Waals surface area contributed by atoms with Gasteiger partial charge in [0, 0.05) is 55.3 Å². The van der Waals surface area contributed by atoms with Crippen molar-refractivity contribution in [3.63, 3.8) is 0 Å². The number of rotatable bonds is 4. The van der Waals surface area contributed by atoms with E-state index in [1.54, 1.807) is 12.1 Å². The highest BCUT2D eigenvalue weighted by Crippen LogP contribution is 2.30. The Balaban J connectivity index is 1.29. The van der Waals surface area contributed by atoms with Crippen LogP contribution in [0.2, 0.25) is 0 Å². The molecule has 0 bridgehead atoms. The zero-order valence-corrected chi connectivity index (χ0v) is 15.0. The minimum atomic E-state index is -0.162. The Hall–Kier alpha value is -1.66. The number of hydrogen-bond acceptors (Lipinski definition) is 5. The molecule has 2 atom stereocenters. The number of nitrogens with zero attached hydrogens (tertiary/aromatic N) is 4. The van der Waals surface area contributed by atoms with Crippen LogP contribution in [-0.2, 0) is 0 Å². The lowest BCUT2D eigenvalue weighted by Crippen LogP contribution is -2.57. The fraction of sp³-hybridized carbons (Fsp3) is 0.474. The molecule has 132 valence electrons. The van der Waals surface area contributed by atoms with Crippen LogP contribution in [0, 0.1) is 11.7 Å². The van der Waals surface area contributed by atoms with Gasteiger partial charge in [0.2, 0.25) is 5.95 Å². The summed E-state index contributed by atoms with van der Waals surface area (Å²) in [6.45, 7) is 4.28. The number of piperidine rings is 1. The lowest BCUT2D eigenvalue weighted by atomic mass is 9.92. The van der Waals surface area contributed by atoms with Crippen LogP contribution >= 0.6 is 11.8 Å². The molecule has 0 radical (unpaired) electrons. The summed E-state index contributed by atoms with van der Waals surface area (Å²) < 4.78 is 13.0. The van der Waals surface area contributed by atoms with Crippen molar-refractivity contribution >= 4 is 17.7 Å². The maximum absolute atomic E-state index is 13.0. The molecule has 4 nitrogen and oxygen atoms in total. The average molecular weight is 358 g/mol. The lowest BCUT2D eigenvalue weighted by molar-refractivity contribution is 0.103. The minimum Gasteiger partial charge on any atom is -0.338 e. The monoisotopic (exact) mass is 358 g/mol. The molecule has 2 fully saturated rings. The van der Waals surface area contributed by atoms with E-state index >= 15 is 0 Å². The van der Waals surface area contributed by atoms with Gasteiger partial charge in [-0.1, -0.05) is 0 Å². The Labute approximate surface area is 152 Å². The summed E-state index contributed by atoms with van der Waals surface area (Å²) in [6.07, 6.45) is 6.13. The van der Waals surface area contributed by atoms with Gasteiger partial charge in [0.1, 0.15) is 5.82 Å². The van der Waals surface area contributed by atoms with Crippen molar-refractivity contribution in [3.05, 3.63) is 48.5 Å². The highest BCUT2D eigenvalue weighted by molar-refractivity contribution is 7.99. The van der Waals surface area contributed by atoms with E-state index in [4.69, 9.17) is 0 Å². The Bertz CT molecular complexity index is 682. The molecule has 6 heteroatoms. The predicted molar refractivity (Wildman–Crippen MR) is 99.5 cm³/mol. The van der Waals surface area contributed by atoms with E-state index in [9.17, 15) is 4.39 Å². The molecular weight excluding hydrogens is 335 g/mol. The van der Waals surface area contributed by atoms with Gasteiger partial charge in [-0.3, -0.25) is 4.90 Å². The van der Waals surface area contributed by atoms with Crippen molar-refractivity contribution in [2.75, 3.05) is 36.8 Å². The Kier molecular flexibility index (Phi) is 5.17. The van der Waals surface area contributed by atoms with Crippen molar-refractivity contribution < 1.29 is 4.39 Å². The summed E-state index contributed by atoms with van der Waals surface area (Å²) in [5.41, 5.74) is 0. The van der Waals surface area contributed by atoms with Gasteiger partial charge >= 0.3 is 0 Å². The zero-order valence-electron chi connectivity index (χ0n) is 14.2. The standard InChI is InChI=1S/C19H23FN4S/c20-16-3-6-18(7-4-16)25-14-15-2-5-17-13-24(11-10-23(17)12-15)19-21-8-1-9-22-19/h1,3-4,6-9,15,17H,2,5,10-14H2/t15-,17?/m1/s1. The van der Waals surface area contributed by atoms with Crippen molar-refractivity contribution in [2.45, 2.75) is 23.8 Å². The van der Waals surface area contributed by atoms with E-state index in [0.29, 0.717) is 12.0 Å². The molecule has 4 rings (SSSR count). The molecule has 2 aliphatic heterocycles. The predicted octanol–water partition coefficient (Wildman–Crippen LogP) is 3.31. The molecular formula is C19H23FN4S. The second-order valence-corrected chi connectivity index (χ2v) is 7.95. The first-order valence-electron chi connectivity index (χ1n) is 8.92. The summed E-state index contributed by atoms with van der Waals surface area (Å²) in [6, 6.07) is 9.33. The molecule has 0 N–H and O–H groups in total. The largest absolute Gasteiger partial charge is 0.338 e. The van der Waals surface area contributed by atoms with Gasteiger partial charge in [0.05, 0.1) is 0 Å². The number of thioether (sulfide) groups is 1. The van der Waals surface area contributed by atoms with Crippen LogP contribution < -0.4 is 4.90 Å². The van der Waals surface area contributed by atoms with Gasteiger partial charge in [-0.15, -0.1) is 11.8 Å². The minimum absolute atomic E-state index is 0.162. The van der Waals surface area contributed by atoms with E-state index in [0.717, 1.165) is 36.2 Å². The van der Waals surface area contributed by atoms with Crippen LogP contribution in [0.1, 0.15) is 12.8 Å². The molecule has 1 aromatic carbocycles. The third kappa shape index (κ3) is 4.12. The van der Waals surface area contributed by atoms with Gasteiger partial charge in [-0.05, 0) is 49.1 Å². The first-order valence-corrected chi connectivity index (χ1v) is 9.91. The van der Waals surface area contributed by atoms with Crippen LogP contribution in [0.15, 0.2) is 47.6 Å². The molecule has 1 unspecified atom stereocenters. The van der Waals surface area contributed by atoms with E-state index in [1.807, 2.05) is 42.4 Å². The number of halogens is 1. The molecule has 0 spiro atoms. The Morgan fingerprint density at radius 2 is 1.84 bits per heavy atom. The molecule has 2 aromatic rings. The fourth-order valence-electron chi connectivity index (χ4n) is 3.78. The first-order chi connectivity index (χ1) is 12.3. The smallest absolute Gasteiger partial charge is 0.225 e. The summed E-state index contributed by atoms with van der Waals surface area (Å²) in [5.74, 6) is 2.52. The quantitative estimate of drug-likeness (QED) is 0.783. The van der Waals surface area contributed by atoms with Crippen LogP contribution in [0.25, 0.3) is 0 Å². The summed E-state index contributed by atoms with van der Waals surface area (Å²) in [7, 11) is 0. The highest BCUT2D eigenvalue weighted by Gasteiger charge is 2.33. The summed E-state index contributed by atoms with van der Waals surface area (Å²) in [4.78, 5) is 14.9. The van der Waals surface area contributed by atoms with Crippen LogP contribution in [-0.4, -0.2) is 52.8 Å². The topological polar surface area (TPSA) is 32.3 Å². The molecule has 1 aromatic heterocycles. The number of benzene rings is 1. The molecule has 2 saturated heterocycles. The maximum Gasteiger partial charge on any atom is 0.225 e. The normalized spacial score (nSPS) is 24.1. The second kappa shape index (κ2) is 7.70. The average Bonchev–Trinajstić information content (AvgIpc) is 2.68. The van der Waals surface area contributed by atoms with Crippen LogP contribution in [0.3, 0.4) is 0 Å². The van der Waals surface area contributed by atoms with Gasteiger partial charge in [-0.2, -0.15) is 0 Å². The third-order valence-electron chi connectivity index (χ3n) is 5.14. The molecule has 2 aliphatic rings. The number of piperazine rings is 1. The van der Waals surface area contributed by atoms with Gasteiger partial charge in [0.25, 0.3) is 0 Å². The highest BCUT2D eigenvalue weighted by atomic mass is 32.2. The summed E-state index contributed by atoms with van der Waals surface area (Å²) >= 11 is 1.85. The van der Waals surface area contributed by atoms with Crippen molar-refractivity contribution in [1.82, 2.24) is 14.9 Å². The van der Waals surface area contributed by atoms with Crippen molar-refractivity contribution in [3.8, 4) is 0 Å². The van der Waals surface area contributed by atoms with E-state index in [2.05, 4.69) is 19.8 Å². The van der Waals surface area contributed by atoms with Gasteiger partial charge in [0.15, 0.2) is 0 Å².